The molecule has 0 radical (unpaired) electrons. The molecule has 5 amide bonds. The van der Waals surface area contributed by atoms with E-state index in [0.29, 0.717) is 30.7 Å². The number of ether oxygens (including phenoxy) is 1. The fourth-order valence-corrected chi connectivity index (χ4v) is 11.2. The van der Waals surface area contributed by atoms with Gasteiger partial charge < -0.3 is 30.9 Å². The summed E-state index contributed by atoms with van der Waals surface area (Å²) in [5, 5.41) is 11.9. The predicted octanol–water partition coefficient (Wildman–Crippen LogP) is 4.55. The molecule has 6 aliphatic carbocycles. The second kappa shape index (κ2) is 15.4. The number of urea groups is 1. The minimum atomic E-state index is -1.14. The van der Waals surface area contributed by atoms with Gasteiger partial charge in [0.05, 0.1) is 12.5 Å². The van der Waals surface area contributed by atoms with Gasteiger partial charge in [-0.05, 0) is 126 Å². The SMILES string of the molecule is C=CCC[C@H](NC(=O)[C@@H]1[C@@H]2[C@H](CN1C(=O)[C@@H](NC(=O)NC13CC4CC(CC(C4)C1)C3)C1CCCCC1)C2(C)C)C(=O)C(=O)NCCC(=O)OC(C)(C)C. The number of likely N-dealkylation sites (tertiary alicyclic amines) is 1. The Balaban J connectivity index is 1.14. The first-order valence-electron chi connectivity index (χ1n) is 20.3. The van der Waals surface area contributed by atoms with Gasteiger partial charge in [0.25, 0.3) is 5.91 Å². The van der Waals surface area contributed by atoms with Gasteiger partial charge in [0.15, 0.2) is 0 Å². The maximum Gasteiger partial charge on any atom is 0.315 e. The molecule has 0 spiro atoms. The van der Waals surface area contributed by atoms with Crippen LogP contribution in [0.1, 0.15) is 125 Å². The van der Waals surface area contributed by atoms with Crippen molar-refractivity contribution in [1.82, 2.24) is 26.2 Å². The number of amides is 5. The summed E-state index contributed by atoms with van der Waals surface area (Å²) in [6, 6.07) is -3.02. The van der Waals surface area contributed by atoms with E-state index in [-0.39, 0.29) is 60.0 Å². The van der Waals surface area contributed by atoms with Gasteiger partial charge in [-0.3, -0.25) is 24.0 Å². The van der Waals surface area contributed by atoms with Crippen LogP contribution in [0.2, 0.25) is 0 Å². The van der Waals surface area contributed by atoms with Crippen LogP contribution in [-0.4, -0.2) is 82.8 Å². The molecular weight excluding hydrogens is 674 g/mol. The largest absolute Gasteiger partial charge is 0.460 e. The van der Waals surface area contributed by atoms with Crippen molar-refractivity contribution in [3.8, 4) is 0 Å². The molecule has 4 bridgehead atoms. The van der Waals surface area contributed by atoms with E-state index in [9.17, 15) is 28.8 Å². The smallest absolute Gasteiger partial charge is 0.315 e. The third-order valence-electron chi connectivity index (χ3n) is 13.4. The molecule has 1 saturated heterocycles. The Bertz CT molecular complexity index is 1430. The Morgan fingerprint density at radius 1 is 0.925 bits per heavy atom. The van der Waals surface area contributed by atoms with E-state index >= 15 is 0 Å². The number of allylic oxidation sites excluding steroid dienone is 1. The van der Waals surface area contributed by atoms with E-state index in [4.69, 9.17) is 4.74 Å². The van der Waals surface area contributed by atoms with Crippen LogP contribution in [0.25, 0.3) is 0 Å². The molecule has 294 valence electrons. The van der Waals surface area contributed by atoms with Crippen LogP contribution in [0.5, 0.6) is 0 Å². The van der Waals surface area contributed by atoms with Crippen LogP contribution in [0.3, 0.4) is 0 Å². The molecule has 5 atom stereocenters. The summed E-state index contributed by atoms with van der Waals surface area (Å²) in [6.07, 6.45) is 13.6. The maximum atomic E-state index is 14.7. The van der Waals surface area contributed by atoms with Crippen molar-refractivity contribution in [3.05, 3.63) is 12.7 Å². The number of nitrogens with one attached hydrogen (secondary N) is 4. The van der Waals surface area contributed by atoms with Crippen molar-refractivity contribution in [2.75, 3.05) is 13.1 Å². The fourth-order valence-electron chi connectivity index (χ4n) is 11.2. The Morgan fingerprint density at radius 3 is 2.13 bits per heavy atom. The molecule has 1 aliphatic heterocycles. The molecule has 6 saturated carbocycles. The molecule has 1 heterocycles. The molecule has 7 fully saturated rings. The highest BCUT2D eigenvalue weighted by atomic mass is 16.6. The molecule has 0 aromatic heterocycles. The van der Waals surface area contributed by atoms with Crippen LogP contribution in [-0.2, 0) is 28.7 Å². The standard InChI is InChI=1S/C41H63N5O7/c1-7-8-14-29(34(48)36(50)42-16-15-30(47)53-39(2,3)4)43-35(49)33-31-28(40(31,5)6)23-46(33)37(51)32(27-12-10-9-11-13-27)44-38(52)45-41-20-24-17-25(21-41)19-26(18-24)22-41/h7,24-29,31-33H,1,8-23H2,2-6H3,(H,42,50)(H,43,49)(H2,44,45,52)/t24?,25?,26?,28-,29-,31-,32-,33-,41?/m0/s1. The lowest BCUT2D eigenvalue weighted by Gasteiger charge is -2.56. The van der Waals surface area contributed by atoms with Crippen molar-refractivity contribution in [1.29, 1.82) is 0 Å². The van der Waals surface area contributed by atoms with Gasteiger partial charge in [0, 0.05) is 18.6 Å². The highest BCUT2D eigenvalue weighted by Crippen LogP contribution is 2.65. The zero-order valence-corrected chi connectivity index (χ0v) is 32.6. The molecule has 0 unspecified atom stereocenters. The lowest BCUT2D eigenvalue weighted by Crippen LogP contribution is -2.64. The van der Waals surface area contributed by atoms with E-state index in [1.165, 1.54) is 19.3 Å². The number of ketones is 1. The minimum Gasteiger partial charge on any atom is -0.460 e. The fraction of sp³-hybridized carbons (Fsp3) is 0.805. The molecule has 12 nitrogen and oxygen atoms in total. The molecule has 7 rings (SSSR count). The number of piperidine rings is 1. The lowest BCUT2D eigenvalue weighted by atomic mass is 9.53. The number of hydrogen-bond donors (Lipinski definition) is 4. The third-order valence-corrected chi connectivity index (χ3v) is 13.4. The quantitative estimate of drug-likeness (QED) is 0.116. The molecular formula is C41H63N5O7. The van der Waals surface area contributed by atoms with Gasteiger partial charge in [-0.15, -0.1) is 6.58 Å². The molecule has 4 N–H and O–H groups in total. The number of nitrogens with zero attached hydrogens (tertiary/aromatic N) is 1. The summed E-state index contributed by atoms with van der Waals surface area (Å²) in [5.74, 6) is -0.973. The summed E-state index contributed by atoms with van der Waals surface area (Å²) < 4.78 is 5.28. The molecule has 53 heavy (non-hydrogen) atoms. The predicted molar refractivity (Wildman–Crippen MR) is 199 cm³/mol. The Kier molecular flexibility index (Phi) is 11.4. The first kappa shape index (κ1) is 39.3. The summed E-state index contributed by atoms with van der Waals surface area (Å²) in [7, 11) is 0. The zero-order chi connectivity index (χ0) is 38.3. The Hall–Kier alpha value is -3.44. The van der Waals surface area contributed by atoms with E-state index in [1.807, 2.05) is 0 Å². The number of carbonyl (C=O) groups excluding carboxylic acids is 6. The van der Waals surface area contributed by atoms with E-state index in [2.05, 4.69) is 41.7 Å². The van der Waals surface area contributed by atoms with E-state index in [1.54, 1.807) is 31.7 Å². The first-order chi connectivity index (χ1) is 25.0. The normalized spacial score (nSPS) is 32.1. The van der Waals surface area contributed by atoms with Crippen molar-refractivity contribution in [2.45, 2.75) is 154 Å². The Morgan fingerprint density at radius 2 is 1.55 bits per heavy atom. The van der Waals surface area contributed by atoms with Gasteiger partial charge >= 0.3 is 12.0 Å². The van der Waals surface area contributed by atoms with E-state index in [0.717, 1.165) is 51.4 Å². The van der Waals surface area contributed by atoms with Crippen LogP contribution in [0.15, 0.2) is 12.7 Å². The monoisotopic (exact) mass is 737 g/mol. The molecule has 0 aromatic carbocycles. The van der Waals surface area contributed by atoms with Gasteiger partial charge in [0.2, 0.25) is 17.6 Å². The van der Waals surface area contributed by atoms with Crippen molar-refractivity contribution in [3.63, 3.8) is 0 Å². The summed E-state index contributed by atoms with van der Waals surface area (Å²) in [5.41, 5.74) is -1.05. The summed E-state index contributed by atoms with van der Waals surface area (Å²) in [4.78, 5) is 83.0. The molecule has 7 aliphatic rings. The second-order valence-corrected chi connectivity index (χ2v) is 18.9. The van der Waals surface area contributed by atoms with Gasteiger partial charge in [-0.2, -0.15) is 0 Å². The van der Waals surface area contributed by atoms with Crippen LogP contribution in [0, 0.1) is 40.9 Å². The number of fused-ring (bicyclic) bond motifs is 1. The van der Waals surface area contributed by atoms with Crippen LogP contribution >= 0.6 is 0 Å². The zero-order valence-electron chi connectivity index (χ0n) is 32.6. The number of hydrogen-bond acceptors (Lipinski definition) is 7. The number of carbonyl (C=O) groups is 6. The van der Waals surface area contributed by atoms with Crippen molar-refractivity contribution < 1.29 is 33.5 Å². The maximum absolute atomic E-state index is 14.7. The molecule has 12 heteroatoms. The van der Waals surface area contributed by atoms with Gasteiger partial charge in [0.1, 0.15) is 17.7 Å². The number of esters is 1. The van der Waals surface area contributed by atoms with Crippen LogP contribution in [0.4, 0.5) is 4.79 Å². The Labute approximate surface area is 315 Å². The van der Waals surface area contributed by atoms with E-state index < -0.39 is 47.3 Å². The van der Waals surface area contributed by atoms with Crippen molar-refractivity contribution >= 4 is 35.5 Å². The van der Waals surface area contributed by atoms with Crippen molar-refractivity contribution in [2.24, 2.45) is 40.9 Å². The average Bonchev–Trinajstić information content (AvgIpc) is 3.38. The number of rotatable bonds is 14. The topological polar surface area (TPSA) is 163 Å². The highest BCUT2D eigenvalue weighted by molar-refractivity contribution is 6.38. The summed E-state index contributed by atoms with van der Waals surface area (Å²) >= 11 is 0. The van der Waals surface area contributed by atoms with Crippen LogP contribution < -0.4 is 21.3 Å². The first-order valence-corrected chi connectivity index (χ1v) is 20.3. The highest BCUT2D eigenvalue weighted by Gasteiger charge is 2.70. The van der Waals surface area contributed by atoms with Gasteiger partial charge in [-0.1, -0.05) is 39.2 Å². The summed E-state index contributed by atoms with van der Waals surface area (Å²) in [6.45, 7) is 13.5. The third kappa shape index (κ3) is 8.77. The molecule has 0 aromatic rings. The average molecular weight is 738 g/mol. The number of Topliss-reactive ketones (excluding diaryl/α,β-unsaturated/α-hetero) is 1. The minimum absolute atomic E-state index is 0.0293. The van der Waals surface area contributed by atoms with Gasteiger partial charge in [-0.25, -0.2) is 4.79 Å². The second-order valence-electron chi connectivity index (χ2n) is 18.9. The lowest BCUT2D eigenvalue weighted by molar-refractivity contribution is -0.154.